The van der Waals surface area contributed by atoms with Crippen LogP contribution in [0.1, 0.15) is 11.1 Å². The van der Waals surface area contributed by atoms with E-state index in [1.165, 1.54) is 0 Å². The molecule has 0 heterocycles. The Morgan fingerprint density at radius 3 is 2.30 bits per heavy atom. The quantitative estimate of drug-likeness (QED) is 0.889. The van der Waals surface area contributed by atoms with Gasteiger partial charge in [0.1, 0.15) is 0 Å². The Bertz CT molecular complexity index is 661. The molecule has 0 aliphatic rings. The molecule has 2 rings (SSSR count). The van der Waals surface area contributed by atoms with Gasteiger partial charge in [0.2, 0.25) is 0 Å². The molecule has 0 fully saturated rings. The second-order valence-corrected chi connectivity index (χ2v) is 6.87. The Morgan fingerprint density at radius 1 is 0.950 bits per heavy atom. The molecule has 0 aliphatic carbocycles. The highest BCUT2D eigenvalue weighted by Crippen LogP contribution is 2.26. The third kappa shape index (κ3) is 3.74. The molecule has 1 unspecified atom stereocenters. The van der Waals surface area contributed by atoms with Gasteiger partial charge in [0.25, 0.3) is 0 Å². The lowest BCUT2D eigenvalue weighted by atomic mass is 10.1. The van der Waals surface area contributed by atoms with E-state index in [1.54, 1.807) is 24.3 Å². The number of nitrogens with two attached hydrogens (primary N) is 1. The average molecular weight is 349 g/mol. The summed E-state index contributed by atoms with van der Waals surface area (Å²) in [6, 6.07) is 10.5. The fourth-order valence-corrected chi connectivity index (χ4v) is 3.56. The molecule has 0 aliphatic heterocycles. The first-order chi connectivity index (χ1) is 9.51. The number of rotatable bonds is 4. The van der Waals surface area contributed by atoms with Crippen LogP contribution in [-0.2, 0) is 23.1 Å². The second kappa shape index (κ2) is 6.92. The van der Waals surface area contributed by atoms with Gasteiger partial charge in [-0.05, 0) is 35.4 Å². The summed E-state index contributed by atoms with van der Waals surface area (Å²) in [6.07, 6.45) is 0. The normalized spacial score (nSPS) is 12.4. The maximum absolute atomic E-state index is 12.3. The fourth-order valence-electron chi connectivity index (χ4n) is 1.68. The SMILES string of the molecule is NCc1ccc(CS(=O)c2ccc(Cl)c(Cl)c2)c(Cl)c1. The minimum absolute atomic E-state index is 0.321. The molecule has 0 amide bonds. The predicted octanol–water partition coefficient (Wildman–Crippen LogP) is 4.41. The van der Waals surface area contributed by atoms with E-state index < -0.39 is 10.8 Å². The Balaban J connectivity index is 2.21. The maximum atomic E-state index is 12.3. The van der Waals surface area contributed by atoms with E-state index in [-0.39, 0.29) is 0 Å². The van der Waals surface area contributed by atoms with Crippen LogP contribution >= 0.6 is 34.8 Å². The monoisotopic (exact) mass is 347 g/mol. The maximum Gasteiger partial charge on any atom is 0.0604 e. The zero-order valence-corrected chi connectivity index (χ0v) is 13.5. The first-order valence-corrected chi connectivity index (χ1v) is 8.27. The zero-order chi connectivity index (χ0) is 14.7. The topological polar surface area (TPSA) is 43.1 Å². The van der Waals surface area contributed by atoms with Crippen molar-refractivity contribution < 1.29 is 4.21 Å². The highest BCUT2D eigenvalue weighted by molar-refractivity contribution is 7.84. The molecular weight excluding hydrogens is 337 g/mol. The number of hydrogen-bond donors (Lipinski definition) is 1. The van der Waals surface area contributed by atoms with Gasteiger partial charge in [0, 0.05) is 16.5 Å². The summed E-state index contributed by atoms with van der Waals surface area (Å²) in [5, 5.41) is 1.40. The molecule has 2 aromatic carbocycles. The smallest absolute Gasteiger partial charge is 0.0604 e. The molecule has 2 nitrogen and oxygen atoms in total. The van der Waals surface area contributed by atoms with Crippen LogP contribution in [0.5, 0.6) is 0 Å². The minimum Gasteiger partial charge on any atom is -0.326 e. The van der Waals surface area contributed by atoms with Gasteiger partial charge in [0.15, 0.2) is 0 Å². The fraction of sp³-hybridized carbons (Fsp3) is 0.143. The van der Waals surface area contributed by atoms with Crippen molar-refractivity contribution in [2.75, 3.05) is 0 Å². The summed E-state index contributed by atoms with van der Waals surface area (Å²) in [4.78, 5) is 0.623. The first-order valence-electron chi connectivity index (χ1n) is 5.82. The van der Waals surface area contributed by atoms with Crippen molar-refractivity contribution in [3.05, 3.63) is 62.6 Å². The van der Waals surface area contributed by atoms with Crippen LogP contribution in [0.25, 0.3) is 0 Å². The van der Waals surface area contributed by atoms with E-state index in [9.17, 15) is 4.21 Å². The van der Waals surface area contributed by atoms with Gasteiger partial charge in [-0.25, -0.2) is 0 Å². The second-order valence-electron chi connectivity index (χ2n) is 4.20. The minimum atomic E-state index is -1.23. The molecule has 2 N–H and O–H groups in total. The zero-order valence-electron chi connectivity index (χ0n) is 10.4. The van der Waals surface area contributed by atoms with E-state index in [4.69, 9.17) is 40.5 Å². The Labute approximate surface area is 135 Å². The summed E-state index contributed by atoms with van der Waals surface area (Å²) < 4.78 is 12.3. The summed E-state index contributed by atoms with van der Waals surface area (Å²) in [7, 11) is -1.23. The molecule has 1 atom stereocenters. The van der Waals surface area contributed by atoms with Crippen molar-refractivity contribution in [3.8, 4) is 0 Å². The lowest BCUT2D eigenvalue weighted by molar-refractivity contribution is 0.682. The van der Waals surface area contributed by atoms with Gasteiger partial charge in [-0.2, -0.15) is 0 Å². The van der Waals surface area contributed by atoms with Crippen molar-refractivity contribution in [1.29, 1.82) is 0 Å². The highest BCUT2D eigenvalue weighted by Gasteiger charge is 2.10. The van der Waals surface area contributed by atoms with Gasteiger partial charge >= 0.3 is 0 Å². The Hall–Kier alpha value is -0.580. The molecule has 0 saturated carbocycles. The largest absolute Gasteiger partial charge is 0.326 e. The molecule has 0 saturated heterocycles. The van der Waals surface area contributed by atoms with Crippen LogP contribution in [-0.4, -0.2) is 4.21 Å². The van der Waals surface area contributed by atoms with Crippen molar-refractivity contribution in [2.24, 2.45) is 5.73 Å². The van der Waals surface area contributed by atoms with Crippen LogP contribution in [0.3, 0.4) is 0 Å². The van der Waals surface area contributed by atoms with Crippen molar-refractivity contribution in [2.45, 2.75) is 17.2 Å². The third-order valence-corrected chi connectivity index (χ3v) is 5.24. The Morgan fingerprint density at radius 2 is 1.70 bits per heavy atom. The van der Waals surface area contributed by atoms with Crippen LogP contribution in [0.15, 0.2) is 41.3 Å². The van der Waals surface area contributed by atoms with Crippen molar-refractivity contribution >= 4 is 45.6 Å². The van der Waals surface area contributed by atoms with Gasteiger partial charge in [0.05, 0.1) is 26.6 Å². The number of halogens is 3. The summed E-state index contributed by atoms with van der Waals surface area (Å²) in [5.74, 6) is 0.321. The van der Waals surface area contributed by atoms with Crippen LogP contribution < -0.4 is 5.73 Å². The molecule has 0 spiro atoms. The number of hydrogen-bond acceptors (Lipinski definition) is 2. The van der Waals surface area contributed by atoms with Crippen LogP contribution in [0, 0.1) is 0 Å². The van der Waals surface area contributed by atoms with Gasteiger partial charge < -0.3 is 5.73 Å². The van der Waals surface area contributed by atoms with E-state index in [1.807, 2.05) is 12.1 Å². The molecule has 106 valence electrons. The lowest BCUT2D eigenvalue weighted by Gasteiger charge is -2.07. The number of benzene rings is 2. The summed E-state index contributed by atoms with van der Waals surface area (Å²) in [6.45, 7) is 0.426. The molecule has 0 bridgehead atoms. The van der Waals surface area contributed by atoms with Crippen molar-refractivity contribution in [1.82, 2.24) is 0 Å². The van der Waals surface area contributed by atoms with E-state index in [0.717, 1.165) is 11.1 Å². The molecule has 0 aromatic heterocycles. The molecular formula is C14H12Cl3NOS. The van der Waals surface area contributed by atoms with Gasteiger partial charge in [-0.3, -0.25) is 4.21 Å². The van der Waals surface area contributed by atoms with E-state index in [0.29, 0.717) is 32.3 Å². The first kappa shape index (κ1) is 15.8. The third-order valence-electron chi connectivity index (χ3n) is 2.79. The summed E-state index contributed by atoms with van der Waals surface area (Å²) in [5.41, 5.74) is 7.30. The Kier molecular flexibility index (Phi) is 5.47. The molecule has 2 aromatic rings. The van der Waals surface area contributed by atoms with Gasteiger partial charge in [-0.15, -0.1) is 0 Å². The molecule has 6 heteroatoms. The standard InChI is InChI=1S/C14H12Cl3NOS/c15-12-4-3-11(6-14(12)17)20(19)8-10-2-1-9(7-18)5-13(10)16/h1-6H,7-8,18H2. The van der Waals surface area contributed by atoms with E-state index in [2.05, 4.69) is 0 Å². The van der Waals surface area contributed by atoms with Gasteiger partial charge in [-0.1, -0.05) is 46.9 Å². The molecule has 0 radical (unpaired) electrons. The lowest BCUT2D eigenvalue weighted by Crippen LogP contribution is -2.00. The molecule has 20 heavy (non-hydrogen) atoms. The van der Waals surface area contributed by atoms with E-state index >= 15 is 0 Å². The summed E-state index contributed by atoms with van der Waals surface area (Å²) >= 11 is 17.9. The van der Waals surface area contributed by atoms with Crippen LogP contribution in [0.2, 0.25) is 15.1 Å². The van der Waals surface area contributed by atoms with Crippen LogP contribution in [0.4, 0.5) is 0 Å². The predicted molar refractivity (Wildman–Crippen MR) is 85.9 cm³/mol. The van der Waals surface area contributed by atoms with Crippen molar-refractivity contribution in [3.63, 3.8) is 0 Å². The highest BCUT2D eigenvalue weighted by atomic mass is 35.5. The average Bonchev–Trinajstić information content (AvgIpc) is 2.43.